The molecule has 0 atom stereocenters. The summed E-state index contributed by atoms with van der Waals surface area (Å²) in [5, 5.41) is 4.40. The first kappa shape index (κ1) is 20.9. The molecule has 27 heavy (non-hydrogen) atoms. The molecule has 8 heteroatoms. The number of hydrogen-bond donors (Lipinski definition) is 1. The molecule has 0 unspecified atom stereocenters. The molecule has 2 rings (SSSR count). The zero-order valence-corrected chi connectivity index (χ0v) is 17.0. The van der Waals surface area contributed by atoms with E-state index < -0.39 is 15.9 Å². The van der Waals surface area contributed by atoms with Crippen molar-refractivity contribution in [1.29, 1.82) is 0 Å². The van der Waals surface area contributed by atoms with E-state index in [1.807, 2.05) is 12.1 Å². The van der Waals surface area contributed by atoms with Crippen LogP contribution in [-0.2, 0) is 14.8 Å². The number of carbonyl (C=O) groups excluding carboxylic acids is 1. The minimum absolute atomic E-state index is 0.329. The van der Waals surface area contributed by atoms with Gasteiger partial charge in [-0.05, 0) is 41.3 Å². The first-order valence-electron chi connectivity index (χ1n) is 8.32. The van der Waals surface area contributed by atoms with Crippen LogP contribution in [0.5, 0.6) is 0 Å². The number of hydrazone groups is 1. The van der Waals surface area contributed by atoms with E-state index in [9.17, 15) is 13.2 Å². The fourth-order valence-corrected chi connectivity index (χ4v) is 3.41. The summed E-state index contributed by atoms with van der Waals surface area (Å²) in [6.07, 6.45) is 2.50. The molecular weight excluding hydrogens is 386 g/mol. The number of nitrogens with one attached hydrogen (secondary N) is 1. The molecule has 0 aliphatic rings. The number of hydrogen-bond acceptors (Lipinski definition) is 4. The van der Waals surface area contributed by atoms with Crippen LogP contribution < -0.4 is 9.73 Å². The van der Waals surface area contributed by atoms with Gasteiger partial charge in [-0.2, -0.15) is 5.10 Å². The maximum absolute atomic E-state index is 12.1. The molecule has 0 aliphatic carbocycles. The maximum Gasteiger partial charge on any atom is 0.260 e. The van der Waals surface area contributed by atoms with Crippen molar-refractivity contribution in [2.24, 2.45) is 5.10 Å². The van der Waals surface area contributed by atoms with Gasteiger partial charge in [-0.1, -0.05) is 49.7 Å². The summed E-state index contributed by atoms with van der Waals surface area (Å²) in [6.45, 7) is 3.73. The van der Waals surface area contributed by atoms with Gasteiger partial charge < -0.3 is 0 Å². The average molecular weight is 408 g/mol. The highest BCUT2D eigenvalue weighted by Crippen LogP contribution is 2.21. The fraction of sp³-hybridized carbons (Fsp3) is 0.263. The van der Waals surface area contributed by atoms with Gasteiger partial charge in [0.25, 0.3) is 5.91 Å². The van der Waals surface area contributed by atoms with Crippen molar-refractivity contribution in [1.82, 2.24) is 5.43 Å². The third-order valence-corrected chi connectivity index (χ3v) is 5.16. The standard InChI is InChI=1S/C19H22ClN3O3S/c1-14(2)16-7-9-18(10-8-16)23(27(3,25)26)13-19(24)22-21-12-15-5-4-6-17(20)11-15/h4-12,14H,13H2,1-3H3,(H,22,24)/b21-12-. The second kappa shape index (κ2) is 9.01. The number of anilines is 1. The average Bonchev–Trinajstić information content (AvgIpc) is 2.59. The number of sulfonamides is 1. The van der Waals surface area contributed by atoms with Crippen molar-refractivity contribution in [3.63, 3.8) is 0 Å². The molecule has 0 fully saturated rings. The molecule has 1 N–H and O–H groups in total. The highest BCUT2D eigenvalue weighted by Gasteiger charge is 2.20. The predicted molar refractivity (Wildman–Crippen MR) is 110 cm³/mol. The van der Waals surface area contributed by atoms with Crippen LogP contribution in [0.15, 0.2) is 53.6 Å². The van der Waals surface area contributed by atoms with Gasteiger partial charge in [0.05, 0.1) is 18.2 Å². The molecule has 1 amide bonds. The quantitative estimate of drug-likeness (QED) is 0.564. The highest BCUT2D eigenvalue weighted by atomic mass is 35.5. The number of nitrogens with zero attached hydrogens (tertiary/aromatic N) is 2. The number of halogens is 1. The number of rotatable bonds is 7. The Morgan fingerprint density at radius 3 is 2.44 bits per heavy atom. The lowest BCUT2D eigenvalue weighted by Crippen LogP contribution is -2.39. The first-order chi connectivity index (χ1) is 12.7. The lowest BCUT2D eigenvalue weighted by molar-refractivity contribution is -0.119. The van der Waals surface area contributed by atoms with Gasteiger partial charge in [0.15, 0.2) is 0 Å². The summed E-state index contributed by atoms with van der Waals surface area (Å²) >= 11 is 5.88. The van der Waals surface area contributed by atoms with E-state index in [0.29, 0.717) is 22.2 Å². The van der Waals surface area contributed by atoms with Crippen LogP contribution in [0.1, 0.15) is 30.9 Å². The van der Waals surface area contributed by atoms with Gasteiger partial charge in [-0.15, -0.1) is 0 Å². The smallest absolute Gasteiger partial charge is 0.260 e. The minimum Gasteiger partial charge on any atom is -0.271 e. The normalized spacial score (nSPS) is 11.7. The van der Waals surface area contributed by atoms with Crippen LogP contribution in [-0.4, -0.2) is 33.3 Å². The molecule has 0 aliphatic heterocycles. The molecule has 0 saturated heterocycles. The summed E-state index contributed by atoms with van der Waals surface area (Å²) in [4.78, 5) is 12.1. The lowest BCUT2D eigenvalue weighted by atomic mass is 10.0. The van der Waals surface area contributed by atoms with E-state index in [1.54, 1.807) is 36.4 Å². The lowest BCUT2D eigenvalue weighted by Gasteiger charge is -2.21. The summed E-state index contributed by atoms with van der Waals surface area (Å²) < 4.78 is 25.3. The molecule has 2 aromatic carbocycles. The first-order valence-corrected chi connectivity index (χ1v) is 10.5. The number of amides is 1. The van der Waals surface area contributed by atoms with Gasteiger partial charge in [0.2, 0.25) is 10.0 Å². The van der Waals surface area contributed by atoms with Gasteiger partial charge >= 0.3 is 0 Å². The van der Waals surface area contributed by atoms with E-state index in [2.05, 4.69) is 24.4 Å². The summed E-state index contributed by atoms with van der Waals surface area (Å²) in [6, 6.07) is 14.1. The van der Waals surface area contributed by atoms with Crippen LogP contribution >= 0.6 is 11.6 Å². The molecule has 2 aromatic rings. The van der Waals surface area contributed by atoms with E-state index in [1.165, 1.54) is 6.21 Å². The summed E-state index contributed by atoms with van der Waals surface area (Å²) in [7, 11) is -3.63. The molecule has 0 spiro atoms. The Balaban J connectivity index is 2.08. The van der Waals surface area contributed by atoms with E-state index >= 15 is 0 Å². The molecule has 0 saturated carbocycles. The van der Waals surface area contributed by atoms with Crippen LogP contribution in [0.2, 0.25) is 5.02 Å². The number of benzene rings is 2. The third-order valence-electron chi connectivity index (χ3n) is 3.79. The van der Waals surface area contributed by atoms with Gasteiger partial charge in [-0.25, -0.2) is 13.8 Å². The largest absolute Gasteiger partial charge is 0.271 e. The second-order valence-electron chi connectivity index (χ2n) is 6.36. The van der Waals surface area contributed by atoms with Crippen molar-refractivity contribution in [3.05, 3.63) is 64.7 Å². The summed E-state index contributed by atoms with van der Waals surface area (Å²) in [5.41, 5.74) is 4.56. The maximum atomic E-state index is 12.1. The molecule has 6 nitrogen and oxygen atoms in total. The Labute approximate surface area is 164 Å². The van der Waals surface area contributed by atoms with Crippen molar-refractivity contribution < 1.29 is 13.2 Å². The van der Waals surface area contributed by atoms with E-state index in [-0.39, 0.29) is 6.54 Å². The van der Waals surface area contributed by atoms with Gasteiger partial charge in [0, 0.05) is 5.02 Å². The van der Waals surface area contributed by atoms with Crippen LogP contribution in [0.3, 0.4) is 0 Å². The molecule has 0 heterocycles. The highest BCUT2D eigenvalue weighted by molar-refractivity contribution is 7.92. The monoisotopic (exact) mass is 407 g/mol. The van der Waals surface area contributed by atoms with E-state index in [0.717, 1.165) is 16.1 Å². The molecule has 0 bridgehead atoms. The number of carbonyl (C=O) groups is 1. The SMILES string of the molecule is CC(C)c1ccc(N(CC(=O)N/N=C\c2cccc(Cl)c2)S(C)(=O)=O)cc1. The zero-order chi connectivity index (χ0) is 20.0. The minimum atomic E-state index is -3.63. The van der Waals surface area contributed by atoms with Crippen molar-refractivity contribution >= 4 is 39.4 Å². The molecule has 144 valence electrons. The zero-order valence-electron chi connectivity index (χ0n) is 15.4. The van der Waals surface area contributed by atoms with Gasteiger partial charge in [0.1, 0.15) is 6.54 Å². The Morgan fingerprint density at radius 1 is 1.22 bits per heavy atom. The van der Waals surface area contributed by atoms with E-state index in [4.69, 9.17) is 11.6 Å². The van der Waals surface area contributed by atoms with Crippen molar-refractivity contribution in [2.45, 2.75) is 19.8 Å². The third kappa shape index (κ3) is 6.37. The Bertz CT molecular complexity index is 925. The predicted octanol–water partition coefficient (Wildman–Crippen LogP) is 3.38. The Morgan fingerprint density at radius 2 is 1.89 bits per heavy atom. The second-order valence-corrected chi connectivity index (χ2v) is 8.71. The molecule has 0 aromatic heterocycles. The Hall–Kier alpha value is -2.38. The Kier molecular flexibility index (Phi) is 6.98. The van der Waals surface area contributed by atoms with Gasteiger partial charge in [-0.3, -0.25) is 9.10 Å². The van der Waals surface area contributed by atoms with Crippen molar-refractivity contribution in [2.75, 3.05) is 17.1 Å². The topological polar surface area (TPSA) is 78.8 Å². The molecule has 0 radical (unpaired) electrons. The van der Waals surface area contributed by atoms with Crippen LogP contribution in [0, 0.1) is 0 Å². The van der Waals surface area contributed by atoms with Crippen molar-refractivity contribution in [3.8, 4) is 0 Å². The summed E-state index contributed by atoms with van der Waals surface area (Å²) in [5.74, 6) is -0.221. The fourth-order valence-electron chi connectivity index (χ4n) is 2.36. The van der Waals surface area contributed by atoms with Crippen LogP contribution in [0.25, 0.3) is 0 Å². The molecular formula is C19H22ClN3O3S. The van der Waals surface area contributed by atoms with Crippen LogP contribution in [0.4, 0.5) is 5.69 Å².